The molecule has 0 aromatic heterocycles. The van der Waals surface area contributed by atoms with Gasteiger partial charge in [0, 0.05) is 81.3 Å². The molecule has 74 heavy (non-hydrogen) atoms. The molecule has 2 aliphatic rings. The smallest absolute Gasteiger partial charge is 0.303 e. The van der Waals surface area contributed by atoms with Gasteiger partial charge in [-0.3, -0.25) is 9.35 Å². The molecule has 21 nitrogen and oxygen atoms in total. The van der Waals surface area contributed by atoms with Crippen molar-refractivity contribution >= 4 is 53.4 Å². The molecule has 0 amide bonds. The number of ether oxygens (including phenoxy) is 8. The van der Waals surface area contributed by atoms with Crippen LogP contribution < -0.4 is 4.90 Å². The lowest BCUT2D eigenvalue weighted by molar-refractivity contribution is -0.437. The fourth-order valence-electron chi connectivity index (χ4n) is 8.79. The van der Waals surface area contributed by atoms with Gasteiger partial charge in [0.1, 0.15) is 26.8 Å². The number of benzene rings is 2. The number of unbranched alkanes of at least 4 members (excludes halogenated alkanes) is 2. The van der Waals surface area contributed by atoms with Crippen molar-refractivity contribution in [2.75, 3.05) is 130 Å². The Morgan fingerprint density at radius 2 is 1.14 bits per heavy atom. The number of hydrogen-bond acceptors (Lipinski definition) is 18. The van der Waals surface area contributed by atoms with Crippen LogP contribution in [0, 0.1) is 0 Å². The fourth-order valence-corrected chi connectivity index (χ4v) is 10.3. The van der Waals surface area contributed by atoms with E-state index < -0.39 is 57.8 Å². The van der Waals surface area contributed by atoms with Gasteiger partial charge in [-0.25, -0.2) is 16.8 Å². The summed E-state index contributed by atoms with van der Waals surface area (Å²) in [6.07, 6.45) is 11.3. The summed E-state index contributed by atoms with van der Waals surface area (Å²) in [5.41, 5.74) is 1.82. The lowest BCUT2D eigenvalue weighted by Gasteiger charge is -2.30. The number of carbonyl (C=O) groups is 1. The summed E-state index contributed by atoms with van der Waals surface area (Å²) in [5.74, 6) is -1.45. The van der Waals surface area contributed by atoms with Crippen molar-refractivity contribution < 1.29 is 91.3 Å². The molecule has 2 heterocycles. The van der Waals surface area contributed by atoms with E-state index in [0.29, 0.717) is 126 Å². The zero-order valence-corrected chi connectivity index (χ0v) is 45.2. The number of rotatable bonds is 39. The monoisotopic (exact) mass is 1100 g/mol. The van der Waals surface area contributed by atoms with Gasteiger partial charge in [0.05, 0.1) is 100 Å². The van der Waals surface area contributed by atoms with Gasteiger partial charge < -0.3 is 57.0 Å². The number of nitrogens with zero attached hydrogens (tertiary/aromatic N) is 2. The Hall–Kier alpha value is -3.99. The van der Waals surface area contributed by atoms with Gasteiger partial charge in [0.25, 0.3) is 10.1 Å². The van der Waals surface area contributed by atoms with Crippen molar-refractivity contribution in [2.45, 2.75) is 79.4 Å². The molecule has 0 spiro atoms. The van der Waals surface area contributed by atoms with E-state index in [0.717, 1.165) is 5.70 Å². The molecule has 0 saturated heterocycles. The van der Waals surface area contributed by atoms with E-state index >= 15 is 0 Å². The quantitative estimate of drug-likeness (QED) is 0.0396. The second-order valence-electron chi connectivity index (χ2n) is 17.9. The predicted molar refractivity (Wildman–Crippen MR) is 272 cm³/mol. The average Bonchev–Trinajstić information content (AvgIpc) is 3.70. The van der Waals surface area contributed by atoms with Crippen molar-refractivity contribution in [3.63, 3.8) is 0 Å². The van der Waals surface area contributed by atoms with E-state index in [1.54, 1.807) is 44.6 Å². The first-order valence-corrected chi connectivity index (χ1v) is 28.9. The lowest BCUT2D eigenvalue weighted by atomic mass is 9.76. The standard InChI is InChI=1S/C50H74N2O19S3/c1-49(19-23-66-29-31-70-35-33-68-27-25-64-3)42-38-40(73(58,59)60)15-17-44(42)51(21-10-6-9-14-48(53)54)46(49)12-7-5-8-13-47-50(2,20-24-67-30-32-71-36-34-69-28-26-65-4)43-39-41(74(61,62)63)16-18-45(43)52(47)22-11-37-72(55,56)57/h5,7-8,12-13,15-18,38-39H,6,9-11,14,19-37H2,1-4H3,(H3-,53,54,55,56,57,58,59,60,61,62,63)/p-1. The van der Waals surface area contributed by atoms with Crippen LogP contribution in [0.3, 0.4) is 0 Å². The average molecular weight is 1100 g/mol. The largest absolute Gasteiger partial charge is 0.744 e. The minimum Gasteiger partial charge on any atom is -0.744 e. The highest BCUT2D eigenvalue weighted by atomic mass is 32.2. The Morgan fingerprint density at radius 3 is 1.65 bits per heavy atom. The fraction of sp³-hybridized carbons (Fsp3) is 0.600. The molecule has 2 aromatic carbocycles. The summed E-state index contributed by atoms with van der Waals surface area (Å²) in [5, 5.41) is 9.25. The van der Waals surface area contributed by atoms with Crippen LogP contribution >= 0.6 is 0 Å². The molecule has 0 fully saturated rings. The SMILES string of the molecule is COCCOCCOCCOCCC1(C)C(=CC=CC=CC2=[N+](CCCS(=O)(=O)O)c3ccc(S(=O)(=O)[O-])cc3C2(C)CCOCCOCCOCCOC)N(CCCCCC(=O)O)c2ccc(S(=O)(=O)[O-])cc21. The van der Waals surface area contributed by atoms with Crippen molar-refractivity contribution in [3.05, 3.63) is 83.6 Å². The predicted octanol–water partition coefficient (Wildman–Crippen LogP) is 4.72. The zero-order chi connectivity index (χ0) is 54.3. The Bertz CT molecular complexity index is 2580. The third-order valence-corrected chi connectivity index (χ3v) is 15.1. The molecule has 0 radical (unpaired) electrons. The second-order valence-corrected chi connectivity index (χ2v) is 22.3. The van der Waals surface area contributed by atoms with Crippen molar-refractivity contribution in [2.24, 2.45) is 0 Å². The van der Waals surface area contributed by atoms with Crippen molar-refractivity contribution in [1.82, 2.24) is 0 Å². The van der Waals surface area contributed by atoms with Crippen molar-refractivity contribution in [3.8, 4) is 0 Å². The summed E-state index contributed by atoms with van der Waals surface area (Å²) >= 11 is 0. The first-order chi connectivity index (χ1) is 35.2. The maximum Gasteiger partial charge on any atom is 0.303 e. The molecule has 0 saturated carbocycles. The Morgan fingerprint density at radius 1 is 0.635 bits per heavy atom. The van der Waals surface area contributed by atoms with E-state index in [-0.39, 0.29) is 57.3 Å². The van der Waals surface area contributed by atoms with Crippen LogP contribution in [0.4, 0.5) is 11.4 Å². The summed E-state index contributed by atoms with van der Waals surface area (Å²) in [4.78, 5) is 12.5. The molecule has 24 heteroatoms. The number of hydrogen-bond donors (Lipinski definition) is 2. The van der Waals surface area contributed by atoms with E-state index in [2.05, 4.69) is 0 Å². The van der Waals surface area contributed by atoms with Gasteiger partial charge in [-0.15, -0.1) is 0 Å². The summed E-state index contributed by atoms with van der Waals surface area (Å²) in [6, 6.07) is 8.33. The molecule has 4 rings (SSSR count). The normalized spacial score (nSPS) is 18.7. The molecule has 416 valence electrons. The Labute approximate surface area is 436 Å². The Kier molecular flexibility index (Phi) is 25.9. The topological polar surface area (TPSA) is 286 Å². The van der Waals surface area contributed by atoms with E-state index in [1.807, 2.05) is 29.4 Å². The van der Waals surface area contributed by atoms with Crippen LogP contribution in [0.5, 0.6) is 0 Å². The van der Waals surface area contributed by atoms with Crippen molar-refractivity contribution in [1.29, 1.82) is 0 Å². The number of anilines is 1. The van der Waals surface area contributed by atoms with Gasteiger partial charge in [0.15, 0.2) is 5.71 Å². The first-order valence-electron chi connectivity index (χ1n) is 24.5. The van der Waals surface area contributed by atoms with Crippen LogP contribution in [0.25, 0.3) is 0 Å². The van der Waals surface area contributed by atoms with E-state index in [9.17, 15) is 48.8 Å². The minimum absolute atomic E-state index is 0.0000859. The van der Waals surface area contributed by atoms with Gasteiger partial charge in [-0.05, 0) is 81.5 Å². The van der Waals surface area contributed by atoms with Gasteiger partial charge in [-0.2, -0.15) is 13.0 Å². The van der Waals surface area contributed by atoms with Crippen LogP contribution in [-0.4, -0.2) is 186 Å². The summed E-state index contributed by atoms with van der Waals surface area (Å²) in [7, 11) is -10.9. The second kappa shape index (κ2) is 30.7. The first kappa shape index (κ1) is 62.5. The number of carboxylic acid groups (broad SMARTS) is 1. The third-order valence-electron chi connectivity index (χ3n) is 12.6. The maximum atomic E-state index is 12.4. The molecule has 2 N–H and O–H groups in total. The van der Waals surface area contributed by atoms with Crippen LogP contribution in [-0.2, 0) is 83.9 Å². The molecule has 0 bridgehead atoms. The summed E-state index contributed by atoms with van der Waals surface area (Å²) in [6.45, 7) is 9.13. The molecule has 2 aromatic rings. The molecular formula is C50H73N2O19S3-. The third kappa shape index (κ3) is 19.5. The van der Waals surface area contributed by atoms with Gasteiger partial charge >= 0.3 is 5.97 Å². The molecule has 2 atom stereocenters. The summed E-state index contributed by atoms with van der Waals surface area (Å²) < 4.78 is 153. The number of allylic oxidation sites excluding steroid dienone is 6. The molecule has 2 unspecified atom stereocenters. The highest BCUT2D eigenvalue weighted by molar-refractivity contribution is 7.86. The van der Waals surface area contributed by atoms with Crippen LogP contribution in [0.1, 0.15) is 69.9 Å². The highest BCUT2D eigenvalue weighted by Crippen LogP contribution is 2.51. The van der Waals surface area contributed by atoms with E-state index in [4.69, 9.17) is 37.9 Å². The van der Waals surface area contributed by atoms with Gasteiger partial charge in [-0.1, -0.05) is 24.6 Å². The highest BCUT2D eigenvalue weighted by Gasteiger charge is 2.48. The lowest BCUT2D eigenvalue weighted by Crippen LogP contribution is -2.33. The number of fused-ring (bicyclic) bond motifs is 2. The minimum atomic E-state index is -4.88. The maximum absolute atomic E-state index is 12.4. The number of methoxy groups -OCH3 is 2. The van der Waals surface area contributed by atoms with E-state index in [1.165, 1.54) is 30.3 Å². The molecule has 0 aliphatic carbocycles. The molecular weight excluding hydrogens is 1030 g/mol. The zero-order valence-electron chi connectivity index (χ0n) is 42.8. The Balaban J connectivity index is 1.69. The van der Waals surface area contributed by atoms with Gasteiger partial charge in [0.2, 0.25) is 5.69 Å². The number of aliphatic carboxylic acids is 1. The van der Waals surface area contributed by atoms with Crippen LogP contribution in [0.15, 0.2) is 82.3 Å². The van der Waals surface area contributed by atoms with Crippen LogP contribution in [0.2, 0.25) is 0 Å². The number of carboxylic acids is 1. The molecule has 2 aliphatic heterocycles.